The molecule has 3 nitrogen and oxygen atoms in total. The van der Waals surface area contributed by atoms with Gasteiger partial charge in [0.25, 0.3) is 0 Å². The maximum atomic E-state index is 10.6. The van der Waals surface area contributed by atoms with E-state index in [1.807, 2.05) is 0 Å². The van der Waals surface area contributed by atoms with Crippen LogP contribution in [0.4, 0.5) is 0 Å². The monoisotopic (exact) mass is 156 g/mol. The van der Waals surface area contributed by atoms with Crippen molar-refractivity contribution >= 4 is 5.97 Å². The Morgan fingerprint density at radius 1 is 1.82 bits per heavy atom. The van der Waals surface area contributed by atoms with E-state index >= 15 is 0 Å². The normalized spacial score (nSPS) is 27.7. The van der Waals surface area contributed by atoms with Crippen LogP contribution in [0.3, 0.4) is 0 Å². The van der Waals surface area contributed by atoms with Gasteiger partial charge in [0.2, 0.25) is 6.29 Å². The highest BCUT2D eigenvalue weighted by Gasteiger charge is 2.41. The summed E-state index contributed by atoms with van der Waals surface area (Å²) < 4.78 is 9.84. The molecule has 11 heavy (non-hydrogen) atoms. The van der Waals surface area contributed by atoms with Crippen LogP contribution in [0.1, 0.15) is 19.8 Å². The van der Waals surface area contributed by atoms with Crippen molar-refractivity contribution in [1.82, 2.24) is 0 Å². The van der Waals surface area contributed by atoms with Gasteiger partial charge in [-0.05, 0) is 6.42 Å². The van der Waals surface area contributed by atoms with Crippen LogP contribution in [0.15, 0.2) is 12.7 Å². The average molecular weight is 156 g/mol. The predicted octanol–water partition coefficient (Wildman–Crippen LogP) is 1.24. The van der Waals surface area contributed by atoms with Gasteiger partial charge in [-0.1, -0.05) is 19.9 Å². The van der Waals surface area contributed by atoms with Crippen LogP contribution in [0, 0.1) is 0 Å². The van der Waals surface area contributed by atoms with Crippen molar-refractivity contribution in [1.29, 1.82) is 0 Å². The number of ether oxygens (including phenoxy) is 2. The Balaban J connectivity index is 2.13. The van der Waals surface area contributed by atoms with E-state index in [9.17, 15) is 4.79 Å². The second-order valence-electron chi connectivity index (χ2n) is 2.47. The summed E-state index contributed by atoms with van der Waals surface area (Å²) in [5.74, 6) is -0.409. The third kappa shape index (κ3) is 2.35. The van der Waals surface area contributed by atoms with Crippen LogP contribution in [0.2, 0.25) is 0 Å². The lowest BCUT2D eigenvalue weighted by atomic mass is 10.3. The van der Waals surface area contributed by atoms with E-state index in [1.54, 1.807) is 0 Å². The lowest BCUT2D eigenvalue weighted by Crippen LogP contribution is -2.05. The van der Waals surface area contributed by atoms with E-state index in [0.717, 1.165) is 18.9 Å². The minimum atomic E-state index is -0.409. The maximum Gasteiger partial charge on any atom is 0.332 e. The molecule has 1 rings (SSSR count). The lowest BCUT2D eigenvalue weighted by Gasteiger charge is -1.93. The Bertz CT molecular complexity index is 165. The highest BCUT2D eigenvalue weighted by molar-refractivity contribution is 5.81. The molecule has 1 fully saturated rings. The molecule has 3 heteroatoms. The standard InChI is InChI=1S/C8H12O3/c1-3-5-6-8(10-6)11-7(9)4-2/h4,6,8H,2-3,5H2,1H3. The number of carbonyl (C=O) groups is 1. The van der Waals surface area contributed by atoms with E-state index in [1.165, 1.54) is 0 Å². The summed E-state index contributed by atoms with van der Waals surface area (Å²) in [6.07, 6.45) is 2.97. The fourth-order valence-electron chi connectivity index (χ4n) is 0.882. The zero-order valence-electron chi connectivity index (χ0n) is 6.58. The van der Waals surface area contributed by atoms with Gasteiger partial charge in [0.15, 0.2) is 0 Å². The van der Waals surface area contributed by atoms with Gasteiger partial charge in [-0.3, -0.25) is 0 Å². The summed E-state index contributed by atoms with van der Waals surface area (Å²) in [6.45, 7) is 5.35. The van der Waals surface area contributed by atoms with Crippen molar-refractivity contribution < 1.29 is 14.3 Å². The molecule has 1 aliphatic rings. The van der Waals surface area contributed by atoms with Crippen LogP contribution in [-0.2, 0) is 14.3 Å². The zero-order chi connectivity index (χ0) is 8.27. The summed E-state index contributed by atoms with van der Waals surface area (Å²) in [5, 5.41) is 0. The van der Waals surface area contributed by atoms with Gasteiger partial charge < -0.3 is 9.47 Å². The Kier molecular flexibility index (Phi) is 2.65. The van der Waals surface area contributed by atoms with E-state index in [4.69, 9.17) is 9.47 Å². The fourth-order valence-corrected chi connectivity index (χ4v) is 0.882. The van der Waals surface area contributed by atoms with Gasteiger partial charge in [-0.15, -0.1) is 0 Å². The number of rotatable bonds is 4. The molecule has 0 radical (unpaired) electrons. The van der Waals surface area contributed by atoms with Crippen LogP contribution in [0.5, 0.6) is 0 Å². The maximum absolute atomic E-state index is 10.6. The topological polar surface area (TPSA) is 38.8 Å². The van der Waals surface area contributed by atoms with Crippen LogP contribution in [-0.4, -0.2) is 18.4 Å². The molecule has 1 saturated heterocycles. The summed E-state index contributed by atoms with van der Waals surface area (Å²) in [5.41, 5.74) is 0. The van der Waals surface area contributed by atoms with Crippen molar-refractivity contribution in [3.8, 4) is 0 Å². The van der Waals surface area contributed by atoms with Crippen molar-refractivity contribution in [2.45, 2.75) is 32.2 Å². The predicted molar refractivity (Wildman–Crippen MR) is 39.9 cm³/mol. The molecule has 0 amide bonds. The van der Waals surface area contributed by atoms with Gasteiger partial charge in [0.05, 0.1) is 0 Å². The minimum absolute atomic E-state index is 0.129. The molecule has 1 heterocycles. The van der Waals surface area contributed by atoms with Gasteiger partial charge in [0.1, 0.15) is 6.10 Å². The first-order valence-corrected chi connectivity index (χ1v) is 3.76. The molecule has 62 valence electrons. The number of hydrogen-bond acceptors (Lipinski definition) is 3. The van der Waals surface area contributed by atoms with Crippen LogP contribution < -0.4 is 0 Å². The van der Waals surface area contributed by atoms with E-state index in [0.29, 0.717) is 0 Å². The Morgan fingerprint density at radius 2 is 2.55 bits per heavy atom. The lowest BCUT2D eigenvalue weighted by molar-refractivity contribution is -0.142. The average Bonchev–Trinajstić information content (AvgIpc) is 2.69. The smallest absolute Gasteiger partial charge is 0.332 e. The first-order chi connectivity index (χ1) is 5.27. The molecule has 0 aromatic heterocycles. The fraction of sp³-hybridized carbons (Fsp3) is 0.625. The molecule has 0 aromatic rings. The van der Waals surface area contributed by atoms with Gasteiger partial charge in [-0.2, -0.15) is 0 Å². The van der Waals surface area contributed by atoms with Gasteiger partial charge in [0, 0.05) is 6.08 Å². The van der Waals surface area contributed by atoms with Crippen molar-refractivity contribution in [3.05, 3.63) is 12.7 Å². The third-order valence-corrected chi connectivity index (χ3v) is 1.51. The minimum Gasteiger partial charge on any atom is -0.430 e. The van der Waals surface area contributed by atoms with Crippen molar-refractivity contribution in [3.63, 3.8) is 0 Å². The van der Waals surface area contributed by atoms with Gasteiger partial charge >= 0.3 is 5.97 Å². The number of esters is 1. The van der Waals surface area contributed by atoms with Gasteiger partial charge in [-0.25, -0.2) is 4.79 Å². The van der Waals surface area contributed by atoms with E-state index in [-0.39, 0.29) is 12.4 Å². The van der Waals surface area contributed by atoms with Crippen molar-refractivity contribution in [2.75, 3.05) is 0 Å². The first-order valence-electron chi connectivity index (χ1n) is 3.76. The number of carbonyl (C=O) groups excluding carboxylic acids is 1. The second kappa shape index (κ2) is 3.53. The van der Waals surface area contributed by atoms with Crippen LogP contribution >= 0.6 is 0 Å². The highest BCUT2D eigenvalue weighted by atomic mass is 16.8. The molecule has 0 aromatic carbocycles. The Labute approximate surface area is 66.0 Å². The molecule has 0 aliphatic carbocycles. The molecule has 1 aliphatic heterocycles. The molecule has 2 atom stereocenters. The molecule has 0 spiro atoms. The second-order valence-corrected chi connectivity index (χ2v) is 2.47. The molecular formula is C8H12O3. The molecular weight excluding hydrogens is 144 g/mol. The number of epoxide rings is 1. The van der Waals surface area contributed by atoms with E-state index in [2.05, 4.69) is 13.5 Å². The summed E-state index contributed by atoms with van der Waals surface area (Å²) in [7, 11) is 0. The summed E-state index contributed by atoms with van der Waals surface area (Å²) in [6, 6.07) is 0. The summed E-state index contributed by atoms with van der Waals surface area (Å²) >= 11 is 0. The Hall–Kier alpha value is -0.830. The zero-order valence-corrected chi connectivity index (χ0v) is 6.58. The van der Waals surface area contributed by atoms with Crippen LogP contribution in [0.25, 0.3) is 0 Å². The number of hydrogen-bond donors (Lipinski definition) is 0. The molecule has 0 bridgehead atoms. The molecule has 0 saturated carbocycles. The largest absolute Gasteiger partial charge is 0.430 e. The highest BCUT2D eigenvalue weighted by Crippen LogP contribution is 2.27. The third-order valence-electron chi connectivity index (χ3n) is 1.51. The molecule has 0 N–H and O–H groups in total. The van der Waals surface area contributed by atoms with E-state index < -0.39 is 5.97 Å². The Morgan fingerprint density at radius 3 is 3.09 bits per heavy atom. The summed E-state index contributed by atoms with van der Waals surface area (Å²) in [4.78, 5) is 10.6. The molecule has 2 unspecified atom stereocenters. The SMILES string of the molecule is C=CC(=O)OC1OC1CCC. The first kappa shape index (κ1) is 8.27. The quantitative estimate of drug-likeness (QED) is 0.349. The van der Waals surface area contributed by atoms with Crippen molar-refractivity contribution in [2.24, 2.45) is 0 Å².